The van der Waals surface area contributed by atoms with Crippen LogP contribution in [0, 0.1) is 19.8 Å². The van der Waals surface area contributed by atoms with Crippen LogP contribution in [-0.4, -0.2) is 0 Å². The Hall–Kier alpha value is -1.04. The van der Waals surface area contributed by atoms with Crippen LogP contribution in [0.3, 0.4) is 0 Å². The Morgan fingerprint density at radius 1 is 1.15 bits per heavy atom. The predicted octanol–water partition coefficient (Wildman–Crippen LogP) is 6.40. The van der Waals surface area contributed by atoms with Crippen molar-refractivity contribution >= 4 is 0 Å². The Morgan fingerprint density at radius 3 is 2.50 bits per heavy atom. The van der Waals surface area contributed by atoms with Crippen LogP contribution in [0.1, 0.15) is 69.1 Å². The van der Waals surface area contributed by atoms with E-state index >= 15 is 0 Å². The summed E-state index contributed by atoms with van der Waals surface area (Å²) in [5.41, 5.74) is 5.79. The standard InChI is InChI=1S/C20H32/c1-6-8-10-19(14-16(3)9-7-2)15-20-12-11-17(4)13-18(20)5/h11-13,19H,3,6-10,14-15H2,1-2,4-5H3. The maximum absolute atomic E-state index is 4.27. The van der Waals surface area contributed by atoms with Crippen molar-refractivity contribution in [3.05, 3.63) is 47.0 Å². The number of aryl methyl sites for hydroxylation is 2. The zero-order valence-electron chi connectivity index (χ0n) is 14.0. The van der Waals surface area contributed by atoms with Crippen LogP contribution in [0.25, 0.3) is 0 Å². The van der Waals surface area contributed by atoms with E-state index in [0.29, 0.717) is 0 Å². The molecule has 0 bridgehead atoms. The number of rotatable bonds is 9. The SMILES string of the molecule is C=C(CCC)CC(CCCC)Cc1ccc(C)cc1C. The molecular formula is C20H32. The molecule has 0 fully saturated rings. The van der Waals surface area contributed by atoms with Gasteiger partial charge in [-0.25, -0.2) is 0 Å². The molecule has 0 amide bonds. The largest absolute Gasteiger partial charge is 0.0999 e. The van der Waals surface area contributed by atoms with Crippen LogP contribution in [0.2, 0.25) is 0 Å². The molecule has 112 valence electrons. The van der Waals surface area contributed by atoms with Gasteiger partial charge >= 0.3 is 0 Å². The van der Waals surface area contributed by atoms with Crippen LogP contribution in [0.15, 0.2) is 30.4 Å². The molecule has 0 aromatic heterocycles. The molecule has 0 aliphatic rings. The van der Waals surface area contributed by atoms with Gasteiger partial charge < -0.3 is 0 Å². The molecule has 1 unspecified atom stereocenters. The van der Waals surface area contributed by atoms with Crippen LogP contribution in [0.4, 0.5) is 0 Å². The molecule has 0 aliphatic heterocycles. The lowest BCUT2D eigenvalue weighted by Crippen LogP contribution is -2.07. The van der Waals surface area contributed by atoms with Crippen LogP contribution in [0.5, 0.6) is 0 Å². The normalized spacial score (nSPS) is 12.4. The second kappa shape index (κ2) is 9.00. The lowest BCUT2D eigenvalue weighted by Gasteiger charge is -2.19. The van der Waals surface area contributed by atoms with Gasteiger partial charge in [-0.1, -0.05) is 69.0 Å². The lowest BCUT2D eigenvalue weighted by atomic mass is 9.86. The monoisotopic (exact) mass is 272 g/mol. The molecule has 1 aromatic rings. The molecule has 0 heteroatoms. The van der Waals surface area contributed by atoms with E-state index in [1.54, 1.807) is 0 Å². The summed E-state index contributed by atoms with van der Waals surface area (Å²) in [6.45, 7) is 13.2. The molecule has 0 aliphatic carbocycles. The summed E-state index contributed by atoms with van der Waals surface area (Å²) in [6, 6.07) is 6.89. The van der Waals surface area contributed by atoms with Gasteiger partial charge in [-0.3, -0.25) is 0 Å². The van der Waals surface area contributed by atoms with Crippen molar-refractivity contribution in [3.8, 4) is 0 Å². The molecule has 20 heavy (non-hydrogen) atoms. The van der Waals surface area contributed by atoms with Crippen LogP contribution in [-0.2, 0) is 6.42 Å². The van der Waals surface area contributed by atoms with Gasteiger partial charge in [-0.05, 0) is 56.6 Å². The first-order valence-electron chi connectivity index (χ1n) is 8.29. The molecule has 0 saturated carbocycles. The van der Waals surface area contributed by atoms with Crippen LogP contribution >= 0.6 is 0 Å². The van der Waals surface area contributed by atoms with Gasteiger partial charge in [0.15, 0.2) is 0 Å². The van der Waals surface area contributed by atoms with Crippen molar-refractivity contribution in [2.45, 2.75) is 72.6 Å². The molecule has 1 aromatic carbocycles. The van der Waals surface area contributed by atoms with E-state index in [9.17, 15) is 0 Å². The molecule has 1 atom stereocenters. The maximum atomic E-state index is 4.27. The van der Waals surface area contributed by atoms with Gasteiger partial charge in [0.05, 0.1) is 0 Å². The van der Waals surface area contributed by atoms with Crippen molar-refractivity contribution in [1.29, 1.82) is 0 Å². The molecule has 0 N–H and O–H groups in total. The molecule has 0 spiro atoms. The molecule has 1 rings (SSSR count). The predicted molar refractivity (Wildman–Crippen MR) is 91.3 cm³/mol. The van der Waals surface area contributed by atoms with E-state index in [4.69, 9.17) is 0 Å². The molecular weight excluding hydrogens is 240 g/mol. The summed E-state index contributed by atoms with van der Waals surface area (Å²) >= 11 is 0. The highest BCUT2D eigenvalue weighted by atomic mass is 14.2. The van der Waals surface area contributed by atoms with Gasteiger partial charge in [-0.2, -0.15) is 0 Å². The minimum Gasteiger partial charge on any atom is -0.0999 e. The third-order valence-electron chi connectivity index (χ3n) is 4.15. The van der Waals surface area contributed by atoms with Gasteiger partial charge in [0.25, 0.3) is 0 Å². The topological polar surface area (TPSA) is 0 Å². The van der Waals surface area contributed by atoms with Gasteiger partial charge in [0.2, 0.25) is 0 Å². The number of hydrogen-bond donors (Lipinski definition) is 0. The highest BCUT2D eigenvalue weighted by Crippen LogP contribution is 2.25. The smallest absolute Gasteiger partial charge is 0.0245 e. The first-order valence-corrected chi connectivity index (χ1v) is 8.29. The Labute approximate surface area is 126 Å². The van der Waals surface area contributed by atoms with Crippen LogP contribution < -0.4 is 0 Å². The Morgan fingerprint density at radius 2 is 1.90 bits per heavy atom. The number of hydrogen-bond acceptors (Lipinski definition) is 0. The Balaban J connectivity index is 2.69. The van der Waals surface area contributed by atoms with E-state index in [1.165, 1.54) is 67.2 Å². The second-order valence-corrected chi connectivity index (χ2v) is 6.35. The summed E-state index contributed by atoms with van der Waals surface area (Å²) < 4.78 is 0. The number of unbranched alkanes of at least 4 members (excludes halogenated alkanes) is 1. The quantitative estimate of drug-likeness (QED) is 0.456. The second-order valence-electron chi connectivity index (χ2n) is 6.35. The summed E-state index contributed by atoms with van der Waals surface area (Å²) in [5.74, 6) is 0.774. The van der Waals surface area contributed by atoms with Crippen molar-refractivity contribution in [1.82, 2.24) is 0 Å². The zero-order chi connectivity index (χ0) is 15.0. The van der Waals surface area contributed by atoms with E-state index in [0.717, 1.165) is 5.92 Å². The molecule has 0 radical (unpaired) electrons. The summed E-state index contributed by atoms with van der Waals surface area (Å²) in [7, 11) is 0. The first-order chi connectivity index (χ1) is 9.56. The van der Waals surface area contributed by atoms with E-state index in [-0.39, 0.29) is 0 Å². The van der Waals surface area contributed by atoms with Crippen molar-refractivity contribution in [3.63, 3.8) is 0 Å². The highest BCUT2D eigenvalue weighted by molar-refractivity contribution is 5.30. The number of allylic oxidation sites excluding steroid dienone is 1. The summed E-state index contributed by atoms with van der Waals surface area (Å²) in [4.78, 5) is 0. The third-order valence-corrected chi connectivity index (χ3v) is 4.15. The molecule has 0 nitrogen and oxygen atoms in total. The van der Waals surface area contributed by atoms with Crippen molar-refractivity contribution in [2.24, 2.45) is 5.92 Å². The number of benzene rings is 1. The van der Waals surface area contributed by atoms with E-state index in [2.05, 4.69) is 52.5 Å². The minimum atomic E-state index is 0.774. The highest BCUT2D eigenvalue weighted by Gasteiger charge is 2.12. The Bertz CT molecular complexity index is 414. The van der Waals surface area contributed by atoms with Gasteiger partial charge in [-0.15, -0.1) is 0 Å². The van der Waals surface area contributed by atoms with E-state index in [1.807, 2.05) is 0 Å². The fraction of sp³-hybridized carbons (Fsp3) is 0.600. The summed E-state index contributed by atoms with van der Waals surface area (Å²) in [6.07, 6.45) is 8.82. The molecule has 0 heterocycles. The fourth-order valence-corrected chi connectivity index (χ4v) is 3.02. The zero-order valence-corrected chi connectivity index (χ0v) is 14.0. The van der Waals surface area contributed by atoms with Gasteiger partial charge in [0.1, 0.15) is 0 Å². The average molecular weight is 272 g/mol. The average Bonchev–Trinajstić information content (AvgIpc) is 2.39. The van der Waals surface area contributed by atoms with Gasteiger partial charge in [0, 0.05) is 0 Å². The maximum Gasteiger partial charge on any atom is -0.0245 e. The first kappa shape index (κ1) is 17.0. The third kappa shape index (κ3) is 5.94. The summed E-state index contributed by atoms with van der Waals surface area (Å²) in [5, 5.41) is 0. The minimum absolute atomic E-state index is 0.774. The van der Waals surface area contributed by atoms with E-state index < -0.39 is 0 Å². The van der Waals surface area contributed by atoms with Crippen molar-refractivity contribution < 1.29 is 0 Å². The Kier molecular flexibility index (Phi) is 7.65. The lowest BCUT2D eigenvalue weighted by molar-refractivity contribution is 0.453. The molecule has 0 saturated heterocycles. The van der Waals surface area contributed by atoms with Crippen molar-refractivity contribution in [2.75, 3.05) is 0 Å². The fourth-order valence-electron chi connectivity index (χ4n) is 3.02.